The number of nitrogens with one attached hydrogen (secondary N) is 1. The fourth-order valence-electron chi connectivity index (χ4n) is 2.72. The molecule has 25 heavy (non-hydrogen) atoms. The topological polar surface area (TPSA) is 58.6 Å². The van der Waals surface area contributed by atoms with Gasteiger partial charge in [-0.2, -0.15) is 0 Å². The summed E-state index contributed by atoms with van der Waals surface area (Å²) in [5, 5.41) is 12.4. The van der Waals surface area contributed by atoms with E-state index in [1.54, 1.807) is 19.2 Å². The van der Waals surface area contributed by atoms with Crippen molar-refractivity contribution in [3.63, 3.8) is 0 Å². The van der Waals surface area contributed by atoms with Crippen LogP contribution in [0.1, 0.15) is 30.9 Å². The van der Waals surface area contributed by atoms with Gasteiger partial charge in [0.05, 0.1) is 0 Å². The van der Waals surface area contributed by atoms with Gasteiger partial charge in [0.1, 0.15) is 18.2 Å². The van der Waals surface area contributed by atoms with Crippen molar-refractivity contribution in [2.45, 2.75) is 31.7 Å². The molecule has 0 aromatic heterocycles. The van der Waals surface area contributed by atoms with Crippen LogP contribution in [0.5, 0.6) is 5.75 Å². The summed E-state index contributed by atoms with van der Waals surface area (Å²) in [5.41, 5.74) is 1.02. The molecule has 0 fully saturated rings. The van der Waals surface area contributed by atoms with Crippen molar-refractivity contribution in [1.82, 2.24) is 5.32 Å². The molecule has 4 nitrogen and oxygen atoms in total. The predicted molar refractivity (Wildman–Crippen MR) is 95.5 cm³/mol. The number of aliphatic carboxylic acids is 1. The molecule has 134 valence electrons. The second-order valence-electron chi connectivity index (χ2n) is 6.12. The molecule has 5 heteroatoms. The summed E-state index contributed by atoms with van der Waals surface area (Å²) in [7, 11) is 1.64. The molecule has 0 aliphatic heterocycles. The first-order valence-electron chi connectivity index (χ1n) is 8.37. The first kappa shape index (κ1) is 18.9. The van der Waals surface area contributed by atoms with Gasteiger partial charge < -0.3 is 15.2 Å². The number of likely N-dealkylation sites (N-methyl/N-ethyl adjacent to an activating group) is 1. The Kier molecular flexibility index (Phi) is 6.53. The van der Waals surface area contributed by atoms with E-state index in [1.165, 1.54) is 12.1 Å². The van der Waals surface area contributed by atoms with Gasteiger partial charge in [0.2, 0.25) is 0 Å². The summed E-state index contributed by atoms with van der Waals surface area (Å²) in [5.74, 6) is -0.532. The summed E-state index contributed by atoms with van der Waals surface area (Å²) in [4.78, 5) is 11.6. The largest absolute Gasteiger partial charge is 0.491 e. The second kappa shape index (κ2) is 8.62. The first-order valence-corrected chi connectivity index (χ1v) is 8.37. The van der Waals surface area contributed by atoms with E-state index < -0.39 is 11.5 Å². The van der Waals surface area contributed by atoms with Crippen LogP contribution >= 0.6 is 0 Å². The number of carbonyl (C=O) groups is 1. The summed E-state index contributed by atoms with van der Waals surface area (Å²) < 4.78 is 18.6. The van der Waals surface area contributed by atoms with Crippen molar-refractivity contribution in [2.24, 2.45) is 0 Å². The average Bonchev–Trinajstić information content (AvgIpc) is 2.61. The van der Waals surface area contributed by atoms with Crippen molar-refractivity contribution in [3.8, 4) is 5.75 Å². The SMILES string of the molecule is CCCC(COc1ccc(Cc2ccc(F)cc2)cc1)(NC)C(=O)O. The zero-order chi connectivity index (χ0) is 18.3. The van der Waals surface area contributed by atoms with Crippen LogP contribution in [0.25, 0.3) is 0 Å². The van der Waals surface area contributed by atoms with Crippen molar-refractivity contribution in [3.05, 3.63) is 65.5 Å². The third-order valence-corrected chi connectivity index (χ3v) is 4.29. The molecule has 0 saturated carbocycles. The van der Waals surface area contributed by atoms with Crippen LogP contribution in [0.15, 0.2) is 48.5 Å². The molecule has 0 heterocycles. The molecule has 0 amide bonds. The van der Waals surface area contributed by atoms with E-state index in [0.29, 0.717) is 18.6 Å². The highest BCUT2D eigenvalue weighted by Gasteiger charge is 2.37. The van der Waals surface area contributed by atoms with Gasteiger partial charge in [0, 0.05) is 0 Å². The van der Waals surface area contributed by atoms with Crippen LogP contribution in [0.2, 0.25) is 0 Å². The van der Waals surface area contributed by atoms with Crippen LogP contribution in [0.3, 0.4) is 0 Å². The van der Waals surface area contributed by atoms with Gasteiger partial charge in [-0.1, -0.05) is 37.6 Å². The highest BCUT2D eigenvalue weighted by atomic mass is 19.1. The van der Waals surface area contributed by atoms with E-state index in [1.807, 2.05) is 31.2 Å². The molecule has 2 rings (SSSR count). The monoisotopic (exact) mass is 345 g/mol. The van der Waals surface area contributed by atoms with Crippen molar-refractivity contribution in [1.29, 1.82) is 0 Å². The molecule has 0 spiro atoms. The van der Waals surface area contributed by atoms with E-state index in [0.717, 1.165) is 17.5 Å². The molecule has 0 bridgehead atoms. The van der Waals surface area contributed by atoms with Gasteiger partial charge in [-0.25, -0.2) is 4.39 Å². The zero-order valence-electron chi connectivity index (χ0n) is 14.6. The van der Waals surface area contributed by atoms with Crippen molar-refractivity contribution >= 4 is 5.97 Å². The Morgan fingerprint density at radius 3 is 2.16 bits per heavy atom. The quantitative estimate of drug-likeness (QED) is 0.728. The maximum atomic E-state index is 12.9. The van der Waals surface area contributed by atoms with Gasteiger partial charge in [0.15, 0.2) is 5.54 Å². The van der Waals surface area contributed by atoms with Gasteiger partial charge >= 0.3 is 5.97 Å². The van der Waals surface area contributed by atoms with Gasteiger partial charge in [0.25, 0.3) is 0 Å². The van der Waals surface area contributed by atoms with E-state index >= 15 is 0 Å². The Labute approximate surface area is 147 Å². The fourth-order valence-corrected chi connectivity index (χ4v) is 2.72. The zero-order valence-corrected chi connectivity index (χ0v) is 14.6. The number of rotatable bonds is 9. The summed E-state index contributed by atoms with van der Waals surface area (Å²) in [6.45, 7) is 2.00. The minimum atomic E-state index is -1.08. The van der Waals surface area contributed by atoms with Gasteiger partial charge in [-0.05, 0) is 55.3 Å². The standard InChI is InChI=1S/C20H24FNO3/c1-3-12-20(22-2,19(23)24)14-25-18-10-6-16(7-11-18)13-15-4-8-17(21)9-5-15/h4-11,22H,3,12-14H2,1-2H3,(H,23,24). The lowest BCUT2D eigenvalue weighted by molar-refractivity contribution is -0.146. The molecule has 1 atom stereocenters. The number of ether oxygens (including phenoxy) is 1. The first-order chi connectivity index (χ1) is 12.0. The number of hydrogen-bond acceptors (Lipinski definition) is 3. The lowest BCUT2D eigenvalue weighted by Crippen LogP contribution is -2.54. The van der Waals surface area contributed by atoms with E-state index in [9.17, 15) is 14.3 Å². The lowest BCUT2D eigenvalue weighted by Gasteiger charge is -2.28. The molecule has 0 saturated heterocycles. The number of halogens is 1. The Morgan fingerprint density at radius 2 is 1.68 bits per heavy atom. The van der Waals surface area contributed by atoms with E-state index in [4.69, 9.17) is 4.74 Å². The fraction of sp³-hybridized carbons (Fsp3) is 0.350. The van der Waals surface area contributed by atoms with E-state index in [-0.39, 0.29) is 12.4 Å². The molecule has 0 aliphatic rings. The molecule has 2 N–H and O–H groups in total. The third kappa shape index (κ3) is 5.03. The highest BCUT2D eigenvalue weighted by Crippen LogP contribution is 2.19. The molecule has 2 aromatic rings. The third-order valence-electron chi connectivity index (χ3n) is 4.29. The van der Waals surface area contributed by atoms with Crippen LogP contribution in [-0.2, 0) is 11.2 Å². The normalized spacial score (nSPS) is 13.2. The molecule has 2 aromatic carbocycles. The second-order valence-corrected chi connectivity index (χ2v) is 6.12. The Balaban J connectivity index is 1.99. The van der Waals surface area contributed by atoms with Crippen LogP contribution in [0, 0.1) is 5.82 Å². The Morgan fingerprint density at radius 1 is 1.12 bits per heavy atom. The smallest absolute Gasteiger partial charge is 0.327 e. The molecule has 0 aliphatic carbocycles. The van der Waals surface area contributed by atoms with Crippen LogP contribution in [0.4, 0.5) is 4.39 Å². The number of carboxylic acid groups (broad SMARTS) is 1. The Hall–Kier alpha value is -2.40. The molecular formula is C20H24FNO3. The van der Waals surface area contributed by atoms with Crippen LogP contribution in [-0.4, -0.2) is 30.3 Å². The van der Waals surface area contributed by atoms with Crippen molar-refractivity contribution in [2.75, 3.05) is 13.7 Å². The summed E-state index contributed by atoms with van der Waals surface area (Å²) in [6, 6.07) is 13.9. The minimum Gasteiger partial charge on any atom is -0.491 e. The Bertz CT molecular complexity index is 685. The van der Waals surface area contributed by atoms with E-state index in [2.05, 4.69) is 5.32 Å². The lowest BCUT2D eigenvalue weighted by atomic mass is 9.95. The summed E-state index contributed by atoms with van der Waals surface area (Å²) in [6.07, 6.45) is 1.93. The molecule has 0 radical (unpaired) electrons. The number of carboxylic acids is 1. The van der Waals surface area contributed by atoms with Gasteiger partial charge in [-0.3, -0.25) is 4.79 Å². The number of hydrogen-bond donors (Lipinski definition) is 2. The van der Waals surface area contributed by atoms with Crippen molar-refractivity contribution < 1.29 is 19.0 Å². The summed E-state index contributed by atoms with van der Waals surface area (Å²) >= 11 is 0. The molecular weight excluding hydrogens is 321 g/mol. The van der Waals surface area contributed by atoms with Crippen LogP contribution < -0.4 is 10.1 Å². The minimum absolute atomic E-state index is 0.0595. The number of benzene rings is 2. The average molecular weight is 345 g/mol. The maximum absolute atomic E-state index is 12.9. The predicted octanol–water partition coefficient (Wildman–Crippen LogP) is 3.64. The van der Waals surface area contributed by atoms with Gasteiger partial charge in [-0.15, -0.1) is 0 Å². The molecule has 1 unspecified atom stereocenters. The highest BCUT2D eigenvalue weighted by molar-refractivity contribution is 5.79. The maximum Gasteiger partial charge on any atom is 0.327 e.